The van der Waals surface area contributed by atoms with E-state index in [0.29, 0.717) is 17.4 Å². The van der Waals surface area contributed by atoms with Gasteiger partial charge in [0.05, 0.1) is 22.3 Å². The molecule has 3 N–H and O–H groups in total. The lowest BCUT2D eigenvalue weighted by atomic mass is 9.96. The summed E-state index contributed by atoms with van der Waals surface area (Å²) in [7, 11) is 0. The van der Waals surface area contributed by atoms with Crippen LogP contribution in [0.4, 0.5) is 11.4 Å². The second kappa shape index (κ2) is 8.27. The average molecular weight is 405 g/mol. The van der Waals surface area contributed by atoms with Crippen molar-refractivity contribution in [2.75, 3.05) is 4.90 Å². The van der Waals surface area contributed by atoms with Crippen molar-refractivity contribution < 1.29 is 34.5 Å². The van der Waals surface area contributed by atoms with Gasteiger partial charge in [0, 0.05) is 11.4 Å². The lowest BCUT2D eigenvalue weighted by Crippen LogP contribution is -2.28. The number of nitrogens with zero attached hydrogens (tertiary/aromatic N) is 1. The van der Waals surface area contributed by atoms with Gasteiger partial charge in [-0.3, -0.25) is 9.69 Å². The van der Waals surface area contributed by atoms with Crippen LogP contribution in [0.5, 0.6) is 0 Å². The van der Waals surface area contributed by atoms with Crippen LogP contribution in [0, 0.1) is 0 Å². The van der Waals surface area contributed by atoms with Gasteiger partial charge in [-0.15, -0.1) is 0 Å². The van der Waals surface area contributed by atoms with Crippen molar-refractivity contribution in [1.29, 1.82) is 0 Å². The number of carboxylic acid groups (broad SMARTS) is 3. The highest BCUT2D eigenvalue weighted by Gasteiger charge is 2.29. The molecule has 0 heterocycles. The molecule has 8 nitrogen and oxygen atoms in total. The Balaban J connectivity index is 2.27. The topological polar surface area (TPSA) is 132 Å². The van der Waals surface area contributed by atoms with Gasteiger partial charge in [0.25, 0.3) is 5.91 Å². The summed E-state index contributed by atoms with van der Waals surface area (Å²) >= 11 is 0. The van der Waals surface area contributed by atoms with Gasteiger partial charge < -0.3 is 15.3 Å². The van der Waals surface area contributed by atoms with Gasteiger partial charge in [-0.05, 0) is 36.4 Å². The Labute approximate surface area is 170 Å². The number of benzene rings is 3. The van der Waals surface area contributed by atoms with E-state index < -0.39 is 46.1 Å². The third-order valence-corrected chi connectivity index (χ3v) is 4.31. The smallest absolute Gasteiger partial charge is 0.336 e. The molecule has 0 atom stereocenters. The minimum atomic E-state index is -1.61. The number of hydrogen-bond donors (Lipinski definition) is 3. The maximum Gasteiger partial charge on any atom is 0.336 e. The summed E-state index contributed by atoms with van der Waals surface area (Å²) in [5.74, 6) is -5.58. The van der Waals surface area contributed by atoms with E-state index in [-0.39, 0.29) is 0 Å². The standard InChI is InChI=1S/C22H15NO7/c24-19(23(13-7-3-1-4-8-13)14-9-5-2-6-10-14)15-11-17(21(27)28)18(22(29)30)12-16(15)20(25)26/h1-12H,(H,25,26)(H,27,28)(H,29,30). The first-order chi connectivity index (χ1) is 14.3. The molecule has 0 aliphatic carbocycles. The van der Waals surface area contributed by atoms with Crippen molar-refractivity contribution in [1.82, 2.24) is 0 Å². The molecule has 1 amide bonds. The molecule has 3 aromatic rings. The third-order valence-electron chi connectivity index (χ3n) is 4.31. The van der Waals surface area contributed by atoms with E-state index in [0.717, 1.165) is 6.07 Å². The largest absolute Gasteiger partial charge is 0.478 e. The molecule has 150 valence electrons. The van der Waals surface area contributed by atoms with Crippen LogP contribution in [0.2, 0.25) is 0 Å². The number of aromatic carboxylic acids is 3. The zero-order valence-corrected chi connectivity index (χ0v) is 15.4. The minimum absolute atomic E-state index is 0.421. The molecule has 0 aromatic heterocycles. The van der Waals surface area contributed by atoms with Crippen molar-refractivity contribution >= 4 is 35.2 Å². The van der Waals surface area contributed by atoms with Gasteiger partial charge >= 0.3 is 17.9 Å². The number of anilines is 2. The van der Waals surface area contributed by atoms with Gasteiger partial charge in [0.1, 0.15) is 0 Å². The Kier molecular flexibility index (Phi) is 5.59. The summed E-state index contributed by atoms with van der Waals surface area (Å²) < 4.78 is 0. The Hall–Kier alpha value is -4.46. The number of rotatable bonds is 6. The fourth-order valence-corrected chi connectivity index (χ4v) is 2.97. The minimum Gasteiger partial charge on any atom is -0.478 e. The van der Waals surface area contributed by atoms with E-state index in [1.807, 2.05) is 0 Å². The van der Waals surface area contributed by atoms with E-state index in [1.165, 1.54) is 4.90 Å². The second-order valence-electron chi connectivity index (χ2n) is 6.17. The summed E-state index contributed by atoms with van der Waals surface area (Å²) in [4.78, 5) is 49.4. The SMILES string of the molecule is O=C(O)c1cc(C(=O)O)c(C(=O)N(c2ccccc2)c2ccccc2)cc1C(=O)O. The van der Waals surface area contributed by atoms with Crippen LogP contribution >= 0.6 is 0 Å². The summed E-state index contributed by atoms with van der Waals surface area (Å²) in [6, 6.07) is 18.2. The number of para-hydroxylation sites is 2. The fourth-order valence-electron chi connectivity index (χ4n) is 2.97. The highest BCUT2D eigenvalue weighted by molar-refractivity contribution is 6.17. The molecule has 0 spiro atoms. The molecule has 30 heavy (non-hydrogen) atoms. The fraction of sp³-hybridized carbons (Fsp3) is 0. The van der Waals surface area contributed by atoms with Gasteiger partial charge in [-0.25, -0.2) is 14.4 Å². The highest BCUT2D eigenvalue weighted by atomic mass is 16.4. The first-order valence-electron chi connectivity index (χ1n) is 8.63. The van der Waals surface area contributed by atoms with Crippen LogP contribution in [0.3, 0.4) is 0 Å². The molecule has 0 bridgehead atoms. The Morgan fingerprint density at radius 1 is 0.533 bits per heavy atom. The molecular formula is C22H15NO7. The Morgan fingerprint density at radius 2 is 0.867 bits per heavy atom. The van der Waals surface area contributed by atoms with E-state index in [1.54, 1.807) is 60.7 Å². The number of carbonyl (C=O) groups excluding carboxylic acids is 1. The molecule has 0 fully saturated rings. The molecule has 0 aliphatic rings. The zero-order valence-electron chi connectivity index (χ0n) is 15.4. The van der Waals surface area contributed by atoms with Crippen LogP contribution in [0.1, 0.15) is 41.4 Å². The summed E-state index contributed by atoms with van der Waals surface area (Å²) in [5, 5.41) is 28.2. The maximum absolute atomic E-state index is 13.4. The first kappa shape index (κ1) is 20.3. The van der Waals surface area contributed by atoms with Crippen LogP contribution in [0.15, 0.2) is 72.8 Å². The molecule has 3 aromatic carbocycles. The molecule has 8 heteroatoms. The van der Waals surface area contributed by atoms with Crippen LogP contribution in [-0.2, 0) is 0 Å². The lowest BCUT2D eigenvalue weighted by Gasteiger charge is -2.24. The Morgan fingerprint density at radius 3 is 1.23 bits per heavy atom. The number of amides is 1. The predicted octanol–water partition coefficient (Wildman–Crippen LogP) is 3.76. The van der Waals surface area contributed by atoms with E-state index in [2.05, 4.69) is 0 Å². The molecule has 0 saturated carbocycles. The first-order valence-corrected chi connectivity index (χ1v) is 8.63. The molecule has 0 radical (unpaired) electrons. The van der Waals surface area contributed by atoms with Crippen LogP contribution in [-0.4, -0.2) is 39.1 Å². The summed E-state index contributed by atoms with van der Waals surface area (Å²) in [6.45, 7) is 0. The third kappa shape index (κ3) is 3.88. The monoisotopic (exact) mass is 405 g/mol. The second-order valence-corrected chi connectivity index (χ2v) is 6.17. The Bertz CT molecular complexity index is 1100. The lowest BCUT2D eigenvalue weighted by molar-refractivity contribution is 0.0648. The van der Waals surface area contributed by atoms with Gasteiger partial charge in [-0.1, -0.05) is 36.4 Å². The quantitative estimate of drug-likeness (QED) is 0.569. The maximum atomic E-state index is 13.4. The average Bonchev–Trinajstić information content (AvgIpc) is 2.74. The molecule has 0 aliphatic heterocycles. The van der Waals surface area contributed by atoms with Gasteiger partial charge in [0.2, 0.25) is 0 Å². The molecule has 3 rings (SSSR count). The molecule has 0 unspecified atom stereocenters. The van der Waals surface area contributed by atoms with Gasteiger partial charge in [0.15, 0.2) is 0 Å². The van der Waals surface area contributed by atoms with E-state index >= 15 is 0 Å². The van der Waals surface area contributed by atoms with Crippen molar-refractivity contribution in [2.24, 2.45) is 0 Å². The number of carboxylic acids is 3. The van der Waals surface area contributed by atoms with Crippen molar-refractivity contribution in [2.45, 2.75) is 0 Å². The summed E-state index contributed by atoms with van der Waals surface area (Å²) in [6.07, 6.45) is 0. The van der Waals surface area contributed by atoms with Crippen molar-refractivity contribution in [3.05, 3.63) is 95.1 Å². The van der Waals surface area contributed by atoms with E-state index in [4.69, 9.17) is 0 Å². The number of carbonyl (C=O) groups is 4. The highest BCUT2D eigenvalue weighted by Crippen LogP contribution is 2.29. The van der Waals surface area contributed by atoms with Crippen LogP contribution < -0.4 is 4.90 Å². The molecular weight excluding hydrogens is 390 g/mol. The zero-order chi connectivity index (χ0) is 21.8. The number of hydrogen-bond acceptors (Lipinski definition) is 4. The van der Waals surface area contributed by atoms with Gasteiger partial charge in [-0.2, -0.15) is 0 Å². The normalized spacial score (nSPS) is 10.3. The van der Waals surface area contributed by atoms with E-state index in [9.17, 15) is 34.5 Å². The predicted molar refractivity (Wildman–Crippen MR) is 107 cm³/mol. The van der Waals surface area contributed by atoms with Crippen LogP contribution in [0.25, 0.3) is 0 Å². The molecule has 0 saturated heterocycles. The van der Waals surface area contributed by atoms with Crippen molar-refractivity contribution in [3.63, 3.8) is 0 Å². The summed E-state index contributed by atoms with van der Waals surface area (Å²) in [5.41, 5.74) is -1.62. The van der Waals surface area contributed by atoms with Crippen molar-refractivity contribution in [3.8, 4) is 0 Å².